The second kappa shape index (κ2) is 8.49. The van der Waals surface area contributed by atoms with Crippen molar-refractivity contribution < 1.29 is 13.6 Å². The van der Waals surface area contributed by atoms with Crippen molar-refractivity contribution in [2.45, 2.75) is 95.4 Å². The molecule has 0 saturated carbocycles. The average Bonchev–Trinajstić information content (AvgIpc) is 2.95. The number of ether oxygens (including phenoxy) is 1. The number of rotatable bonds is 7. The molecule has 0 amide bonds. The lowest BCUT2D eigenvalue weighted by Gasteiger charge is -2.44. The Balaban J connectivity index is 1.91. The Morgan fingerprint density at radius 3 is 1.88 bits per heavy atom. The molecule has 2 atom stereocenters. The van der Waals surface area contributed by atoms with Gasteiger partial charge in [0.05, 0.1) is 13.2 Å². The van der Waals surface area contributed by atoms with Crippen LogP contribution in [0.5, 0.6) is 0 Å². The van der Waals surface area contributed by atoms with E-state index in [1.807, 2.05) is 12.1 Å². The highest BCUT2D eigenvalue weighted by atomic mass is 28.4. The Kier molecular flexibility index (Phi) is 6.79. The number of anilines is 1. The summed E-state index contributed by atoms with van der Waals surface area (Å²) in [4.78, 5) is 0. The fourth-order valence-electron chi connectivity index (χ4n) is 3.74. The van der Waals surface area contributed by atoms with Gasteiger partial charge in [-0.05, 0) is 71.7 Å². The van der Waals surface area contributed by atoms with Crippen LogP contribution < -0.4 is 5.73 Å². The molecule has 2 aliphatic rings. The van der Waals surface area contributed by atoms with Gasteiger partial charge in [-0.2, -0.15) is 0 Å². The number of nitrogen functional groups attached to an aromatic ring is 1. The van der Waals surface area contributed by atoms with Crippen molar-refractivity contribution in [2.24, 2.45) is 0 Å². The van der Waals surface area contributed by atoms with Crippen molar-refractivity contribution in [1.82, 2.24) is 0 Å². The molecule has 184 valence electrons. The van der Waals surface area contributed by atoms with Gasteiger partial charge in [0.25, 0.3) is 0 Å². The maximum absolute atomic E-state index is 6.85. The van der Waals surface area contributed by atoms with Crippen molar-refractivity contribution in [3.63, 3.8) is 0 Å². The molecular weight excluding hydrogens is 442 g/mol. The number of fused-ring (bicyclic) bond motifs is 2. The third kappa shape index (κ3) is 5.56. The van der Waals surface area contributed by atoms with E-state index >= 15 is 0 Å². The summed E-state index contributed by atoms with van der Waals surface area (Å²) in [6, 6.07) is 8.16. The van der Waals surface area contributed by atoms with E-state index in [0.717, 1.165) is 12.1 Å². The molecule has 1 aromatic rings. The molecule has 0 spiro atoms. The summed E-state index contributed by atoms with van der Waals surface area (Å²) in [5, 5.41) is 0.297. The number of hydrogen-bond acceptors (Lipinski definition) is 4. The molecule has 2 aliphatic heterocycles. The highest BCUT2D eigenvalue weighted by Crippen LogP contribution is 2.48. The first-order valence-electron chi connectivity index (χ1n) is 12.2. The quantitative estimate of drug-likeness (QED) is 0.252. The summed E-state index contributed by atoms with van der Waals surface area (Å²) in [5.41, 5.74) is 8.15. The average molecular weight is 488 g/mol. The molecule has 33 heavy (non-hydrogen) atoms. The van der Waals surface area contributed by atoms with Gasteiger partial charge in [-0.3, -0.25) is 0 Å². The third-order valence-corrected chi connectivity index (χ3v) is 17.2. The summed E-state index contributed by atoms with van der Waals surface area (Å²) in [6.45, 7) is 23.9. The molecule has 3 rings (SSSR count). The van der Waals surface area contributed by atoms with E-state index in [4.69, 9.17) is 19.3 Å². The van der Waals surface area contributed by atoms with Gasteiger partial charge in [-0.15, -0.1) is 0 Å². The van der Waals surface area contributed by atoms with Crippen molar-refractivity contribution in [3.8, 4) is 0 Å². The normalized spacial score (nSPS) is 25.9. The molecule has 2 unspecified atom stereocenters. The van der Waals surface area contributed by atoms with Crippen LogP contribution in [0.15, 0.2) is 42.5 Å². The lowest BCUT2D eigenvalue weighted by Crippen LogP contribution is -2.51. The van der Waals surface area contributed by atoms with Crippen molar-refractivity contribution in [2.75, 3.05) is 18.9 Å². The van der Waals surface area contributed by atoms with Crippen molar-refractivity contribution >= 4 is 27.9 Å². The zero-order valence-electron chi connectivity index (χ0n) is 22.5. The van der Waals surface area contributed by atoms with Crippen LogP contribution in [-0.2, 0) is 13.6 Å². The maximum atomic E-state index is 6.85. The third-order valence-electron chi connectivity index (χ3n) is 8.20. The topological polar surface area (TPSA) is 53.7 Å². The van der Waals surface area contributed by atoms with E-state index < -0.39 is 27.8 Å². The molecule has 0 radical (unpaired) electrons. The van der Waals surface area contributed by atoms with E-state index in [2.05, 4.69) is 98.1 Å². The molecular formula is C27H45NO3Si2. The minimum atomic E-state index is -1.92. The molecule has 2 bridgehead atoms. The van der Waals surface area contributed by atoms with Crippen LogP contribution in [0.25, 0.3) is 5.57 Å². The second-order valence-electron chi connectivity index (χ2n) is 13.0. The molecule has 0 aliphatic carbocycles. The van der Waals surface area contributed by atoms with E-state index in [1.165, 1.54) is 11.1 Å². The van der Waals surface area contributed by atoms with Crippen LogP contribution >= 0.6 is 0 Å². The fraction of sp³-hybridized carbons (Fsp3) is 0.630. The highest BCUT2D eigenvalue weighted by Gasteiger charge is 2.51. The van der Waals surface area contributed by atoms with Crippen LogP contribution in [0.3, 0.4) is 0 Å². The van der Waals surface area contributed by atoms with Gasteiger partial charge in [-0.25, -0.2) is 0 Å². The van der Waals surface area contributed by atoms with Crippen LogP contribution in [0, 0.1) is 0 Å². The summed E-state index contributed by atoms with van der Waals surface area (Å²) >= 11 is 0. The predicted molar refractivity (Wildman–Crippen MR) is 145 cm³/mol. The number of hydrogen-bond donors (Lipinski definition) is 1. The summed E-state index contributed by atoms with van der Waals surface area (Å²) < 4.78 is 20.2. The van der Waals surface area contributed by atoms with Crippen LogP contribution in [0.2, 0.25) is 36.3 Å². The minimum absolute atomic E-state index is 0.145. The van der Waals surface area contributed by atoms with Gasteiger partial charge in [0.2, 0.25) is 0 Å². The molecule has 2 heterocycles. The lowest BCUT2D eigenvalue weighted by molar-refractivity contribution is -0.105. The lowest BCUT2D eigenvalue weighted by atomic mass is 9.88. The molecule has 6 heteroatoms. The summed E-state index contributed by atoms with van der Waals surface area (Å²) in [7, 11) is -3.84. The molecule has 4 nitrogen and oxygen atoms in total. The van der Waals surface area contributed by atoms with Gasteiger partial charge in [0.15, 0.2) is 16.6 Å². The predicted octanol–water partition coefficient (Wildman–Crippen LogP) is 7.16. The molecule has 0 saturated heterocycles. The second-order valence-corrected chi connectivity index (χ2v) is 22.6. The van der Waals surface area contributed by atoms with E-state index in [0.29, 0.717) is 13.2 Å². The van der Waals surface area contributed by atoms with Crippen LogP contribution in [0.4, 0.5) is 5.69 Å². The zero-order chi connectivity index (χ0) is 24.9. The first-order valence-corrected chi connectivity index (χ1v) is 18.0. The first-order chi connectivity index (χ1) is 14.9. The minimum Gasteiger partial charge on any atom is -0.414 e. The standard InChI is InChI=1S/C27H45NO3Si2/c1-24(2,3)32(7,8)29-19-26-15-16-27(31-26,20-30-33(9,10)25(4,5)6)18-22(17-26)21-11-13-23(28)14-12-21/h11-17H,18-20,28H2,1-10H3. The van der Waals surface area contributed by atoms with Crippen LogP contribution in [0.1, 0.15) is 53.5 Å². The van der Waals surface area contributed by atoms with Crippen molar-refractivity contribution in [1.29, 1.82) is 0 Å². The Morgan fingerprint density at radius 2 is 1.36 bits per heavy atom. The monoisotopic (exact) mass is 487 g/mol. The van der Waals surface area contributed by atoms with E-state index in [-0.39, 0.29) is 10.1 Å². The van der Waals surface area contributed by atoms with Gasteiger partial charge in [-0.1, -0.05) is 59.8 Å². The molecule has 0 aromatic heterocycles. The maximum Gasteiger partial charge on any atom is 0.192 e. The van der Waals surface area contributed by atoms with Crippen molar-refractivity contribution in [3.05, 3.63) is 48.1 Å². The number of benzene rings is 1. The summed E-state index contributed by atoms with van der Waals surface area (Å²) in [5.74, 6) is 0. The SMILES string of the molecule is CC(C)(C)[Si](C)(C)OCC12C=CC(CO[Si](C)(C)C(C)(C)C)(CC(c3ccc(N)cc3)=C1)O2. The Hall–Kier alpha value is -1.19. The zero-order valence-corrected chi connectivity index (χ0v) is 24.5. The van der Waals surface area contributed by atoms with Gasteiger partial charge in [0.1, 0.15) is 11.2 Å². The fourth-order valence-corrected chi connectivity index (χ4v) is 5.80. The summed E-state index contributed by atoms with van der Waals surface area (Å²) in [6.07, 6.45) is 7.49. The smallest absolute Gasteiger partial charge is 0.192 e. The molecule has 2 N–H and O–H groups in total. The van der Waals surface area contributed by atoms with E-state index in [9.17, 15) is 0 Å². The number of nitrogens with two attached hydrogens (primary N) is 1. The van der Waals surface area contributed by atoms with Crippen LogP contribution in [-0.4, -0.2) is 41.1 Å². The Morgan fingerprint density at radius 1 is 0.848 bits per heavy atom. The first kappa shape index (κ1) is 26.4. The molecule has 0 fully saturated rings. The van der Waals surface area contributed by atoms with Gasteiger partial charge >= 0.3 is 0 Å². The highest BCUT2D eigenvalue weighted by molar-refractivity contribution is 6.74. The Labute approximate surface area is 203 Å². The molecule has 1 aromatic carbocycles. The van der Waals surface area contributed by atoms with Gasteiger partial charge in [0, 0.05) is 12.1 Å². The Bertz CT molecular complexity index is 922. The van der Waals surface area contributed by atoms with Gasteiger partial charge < -0.3 is 19.3 Å². The van der Waals surface area contributed by atoms with E-state index in [1.54, 1.807) is 0 Å². The largest absolute Gasteiger partial charge is 0.414 e.